The van der Waals surface area contributed by atoms with Crippen LogP contribution in [0.1, 0.15) is 35.4 Å². The number of carbonyl (C=O) groups excluding carboxylic acids is 1. The maximum absolute atomic E-state index is 12.2. The maximum Gasteiger partial charge on any atom is 0.251 e. The molecule has 1 heterocycles. The highest BCUT2D eigenvalue weighted by Gasteiger charge is 2.08. The molecule has 3 rings (SSSR count). The quantitative estimate of drug-likeness (QED) is 0.656. The number of aromatic nitrogens is 1. The van der Waals surface area contributed by atoms with Gasteiger partial charge in [-0.05, 0) is 37.1 Å². The van der Waals surface area contributed by atoms with Gasteiger partial charge >= 0.3 is 0 Å². The van der Waals surface area contributed by atoms with E-state index in [1.807, 2.05) is 43.3 Å². The number of nitrogens with one attached hydrogen (secondary N) is 1. The van der Waals surface area contributed by atoms with Crippen molar-refractivity contribution in [3.63, 3.8) is 0 Å². The summed E-state index contributed by atoms with van der Waals surface area (Å²) in [5.74, 6) is -0.0543. The molecule has 1 N–H and O–H groups in total. The maximum atomic E-state index is 12.2. The fraction of sp³-hybridized carbons (Fsp3) is 0.263. The Morgan fingerprint density at radius 3 is 2.92 bits per heavy atom. The number of hydrogen-bond acceptors (Lipinski definition) is 4. The standard InChI is InChI=1S/C19H20N2O2S/c1-14(15-6-3-2-4-7-15)23-11-5-10-20-19(22)16-8-9-17-18(12-16)24-13-21-17/h2-4,6-9,12-14H,5,10-11H2,1H3,(H,20,22). The Kier molecular flexibility index (Phi) is 5.56. The van der Waals surface area contributed by atoms with E-state index in [-0.39, 0.29) is 12.0 Å². The van der Waals surface area contributed by atoms with Gasteiger partial charge in [0.1, 0.15) is 0 Å². The number of thiazole rings is 1. The molecule has 0 bridgehead atoms. The summed E-state index contributed by atoms with van der Waals surface area (Å²) >= 11 is 1.54. The lowest BCUT2D eigenvalue weighted by atomic mass is 10.1. The topological polar surface area (TPSA) is 51.2 Å². The van der Waals surface area contributed by atoms with Crippen molar-refractivity contribution < 1.29 is 9.53 Å². The van der Waals surface area contributed by atoms with Crippen molar-refractivity contribution in [1.29, 1.82) is 0 Å². The molecule has 0 aliphatic carbocycles. The number of fused-ring (bicyclic) bond motifs is 1. The van der Waals surface area contributed by atoms with Gasteiger partial charge in [-0.25, -0.2) is 4.98 Å². The Labute approximate surface area is 145 Å². The fourth-order valence-electron chi connectivity index (χ4n) is 2.45. The van der Waals surface area contributed by atoms with Crippen LogP contribution in [0.25, 0.3) is 10.2 Å². The molecule has 0 saturated heterocycles. The fourth-order valence-corrected chi connectivity index (χ4v) is 3.17. The second-order valence-corrected chi connectivity index (χ2v) is 6.45. The molecule has 0 aliphatic rings. The largest absolute Gasteiger partial charge is 0.374 e. The molecule has 0 spiro atoms. The molecule has 1 unspecified atom stereocenters. The summed E-state index contributed by atoms with van der Waals surface area (Å²) in [5.41, 5.74) is 4.56. The van der Waals surface area contributed by atoms with Crippen molar-refractivity contribution in [2.45, 2.75) is 19.4 Å². The zero-order valence-corrected chi connectivity index (χ0v) is 14.4. The summed E-state index contributed by atoms with van der Waals surface area (Å²) in [6.45, 7) is 3.25. The summed E-state index contributed by atoms with van der Waals surface area (Å²) in [4.78, 5) is 16.4. The average molecular weight is 340 g/mol. The monoisotopic (exact) mass is 340 g/mol. The van der Waals surface area contributed by atoms with Crippen molar-refractivity contribution >= 4 is 27.5 Å². The van der Waals surface area contributed by atoms with Crippen LogP contribution in [0.5, 0.6) is 0 Å². The molecule has 124 valence electrons. The summed E-state index contributed by atoms with van der Waals surface area (Å²) in [7, 11) is 0. The van der Waals surface area contributed by atoms with Crippen LogP contribution in [0.15, 0.2) is 54.0 Å². The molecular formula is C19H20N2O2S. The van der Waals surface area contributed by atoms with Crippen LogP contribution in [-0.2, 0) is 4.74 Å². The molecule has 0 fully saturated rings. The second kappa shape index (κ2) is 8.04. The number of hydrogen-bond donors (Lipinski definition) is 1. The SMILES string of the molecule is CC(OCCCNC(=O)c1ccc2ncsc2c1)c1ccccc1. The van der Waals surface area contributed by atoms with E-state index in [9.17, 15) is 4.79 Å². The zero-order valence-electron chi connectivity index (χ0n) is 13.6. The normalized spacial score (nSPS) is 12.2. The van der Waals surface area contributed by atoms with Crippen LogP contribution in [0.2, 0.25) is 0 Å². The summed E-state index contributed by atoms with van der Waals surface area (Å²) in [6, 6.07) is 15.7. The van der Waals surface area contributed by atoms with Crippen molar-refractivity contribution in [3.8, 4) is 0 Å². The molecular weight excluding hydrogens is 320 g/mol. The van der Waals surface area contributed by atoms with Gasteiger partial charge in [0.15, 0.2) is 0 Å². The van der Waals surface area contributed by atoms with Gasteiger partial charge in [-0.15, -0.1) is 11.3 Å². The first kappa shape index (κ1) is 16.6. The summed E-state index contributed by atoms with van der Waals surface area (Å²) in [6.07, 6.45) is 0.849. The van der Waals surface area contributed by atoms with Gasteiger partial charge in [-0.2, -0.15) is 0 Å². The number of ether oxygens (including phenoxy) is 1. The van der Waals surface area contributed by atoms with E-state index in [2.05, 4.69) is 22.4 Å². The van der Waals surface area contributed by atoms with Crippen LogP contribution >= 0.6 is 11.3 Å². The molecule has 5 heteroatoms. The highest BCUT2D eigenvalue weighted by Crippen LogP contribution is 2.19. The van der Waals surface area contributed by atoms with E-state index in [0.29, 0.717) is 18.7 Å². The van der Waals surface area contributed by atoms with Crippen LogP contribution < -0.4 is 5.32 Å². The molecule has 1 atom stereocenters. The lowest BCUT2D eigenvalue weighted by Crippen LogP contribution is -2.25. The molecule has 3 aromatic rings. The summed E-state index contributed by atoms with van der Waals surface area (Å²) < 4.78 is 6.84. The third-order valence-corrected chi connectivity index (χ3v) is 4.63. The number of benzene rings is 2. The van der Waals surface area contributed by atoms with Gasteiger partial charge in [0, 0.05) is 18.7 Å². The van der Waals surface area contributed by atoms with Gasteiger partial charge in [-0.1, -0.05) is 30.3 Å². The van der Waals surface area contributed by atoms with Crippen molar-refractivity contribution in [3.05, 3.63) is 65.2 Å². The predicted octanol–water partition coefficient (Wildman–Crippen LogP) is 4.19. The molecule has 24 heavy (non-hydrogen) atoms. The van der Waals surface area contributed by atoms with Gasteiger partial charge in [0.25, 0.3) is 5.91 Å². The van der Waals surface area contributed by atoms with E-state index in [4.69, 9.17) is 4.74 Å². The number of carbonyl (C=O) groups is 1. The smallest absolute Gasteiger partial charge is 0.251 e. The van der Waals surface area contributed by atoms with Gasteiger partial charge < -0.3 is 10.1 Å². The minimum Gasteiger partial charge on any atom is -0.374 e. The molecule has 2 aromatic carbocycles. The first-order valence-corrected chi connectivity index (χ1v) is 8.90. The van der Waals surface area contributed by atoms with Crippen LogP contribution in [0.3, 0.4) is 0 Å². The molecule has 4 nitrogen and oxygen atoms in total. The number of nitrogens with zero attached hydrogens (tertiary/aromatic N) is 1. The van der Waals surface area contributed by atoms with Gasteiger partial charge in [0.05, 0.1) is 21.8 Å². The van der Waals surface area contributed by atoms with Crippen LogP contribution in [0, 0.1) is 0 Å². The van der Waals surface area contributed by atoms with E-state index in [1.165, 1.54) is 5.56 Å². The Hall–Kier alpha value is -2.24. The van der Waals surface area contributed by atoms with Crippen molar-refractivity contribution in [2.24, 2.45) is 0 Å². The third kappa shape index (κ3) is 4.19. The lowest BCUT2D eigenvalue weighted by molar-refractivity contribution is 0.0635. The van der Waals surface area contributed by atoms with E-state index < -0.39 is 0 Å². The van der Waals surface area contributed by atoms with Crippen LogP contribution in [-0.4, -0.2) is 24.0 Å². The van der Waals surface area contributed by atoms with E-state index >= 15 is 0 Å². The first-order chi connectivity index (χ1) is 11.7. The molecule has 0 saturated carbocycles. The summed E-state index contributed by atoms with van der Waals surface area (Å²) in [5, 5.41) is 2.93. The molecule has 0 aliphatic heterocycles. The Balaban J connectivity index is 1.40. The predicted molar refractivity (Wildman–Crippen MR) is 97.4 cm³/mol. The minimum absolute atomic E-state index is 0.0543. The molecule has 1 aromatic heterocycles. The average Bonchev–Trinajstić information content (AvgIpc) is 3.09. The Bertz CT molecular complexity index is 801. The van der Waals surface area contributed by atoms with Gasteiger partial charge in [0.2, 0.25) is 0 Å². The third-order valence-electron chi connectivity index (χ3n) is 3.84. The molecule has 1 amide bonds. The van der Waals surface area contributed by atoms with Crippen molar-refractivity contribution in [2.75, 3.05) is 13.2 Å². The van der Waals surface area contributed by atoms with Crippen LogP contribution in [0.4, 0.5) is 0 Å². The lowest BCUT2D eigenvalue weighted by Gasteiger charge is -2.13. The number of rotatable bonds is 7. The number of amides is 1. The van der Waals surface area contributed by atoms with E-state index in [0.717, 1.165) is 16.6 Å². The van der Waals surface area contributed by atoms with E-state index in [1.54, 1.807) is 16.8 Å². The van der Waals surface area contributed by atoms with Gasteiger partial charge in [-0.3, -0.25) is 4.79 Å². The minimum atomic E-state index is -0.0543. The Morgan fingerprint density at radius 1 is 1.25 bits per heavy atom. The highest BCUT2D eigenvalue weighted by atomic mass is 32.1. The molecule has 0 radical (unpaired) electrons. The van der Waals surface area contributed by atoms with Crippen molar-refractivity contribution in [1.82, 2.24) is 10.3 Å². The zero-order chi connectivity index (χ0) is 16.8. The Morgan fingerprint density at radius 2 is 2.08 bits per heavy atom. The second-order valence-electron chi connectivity index (χ2n) is 5.57. The highest BCUT2D eigenvalue weighted by molar-refractivity contribution is 7.16. The first-order valence-electron chi connectivity index (χ1n) is 8.02.